The summed E-state index contributed by atoms with van der Waals surface area (Å²) in [5, 5.41) is 7.14. The van der Waals surface area contributed by atoms with E-state index < -0.39 is 5.82 Å². The van der Waals surface area contributed by atoms with E-state index in [1.165, 1.54) is 13.2 Å². The van der Waals surface area contributed by atoms with Crippen molar-refractivity contribution in [2.24, 2.45) is 0 Å². The summed E-state index contributed by atoms with van der Waals surface area (Å²) < 4.78 is 21.0. The Morgan fingerprint density at radius 3 is 2.62 bits per heavy atom. The molecule has 134 valence electrons. The number of nitrogens with one attached hydrogen (secondary N) is 1. The maximum absolute atomic E-state index is 14.4. The minimum atomic E-state index is -0.421. The smallest absolute Gasteiger partial charge is 0.272 e. The molecule has 1 heterocycles. The number of rotatable bonds is 6. The number of hydrogen-bond acceptors (Lipinski definition) is 3. The van der Waals surface area contributed by atoms with Gasteiger partial charge >= 0.3 is 0 Å². The highest BCUT2D eigenvalue weighted by Gasteiger charge is 2.17. The van der Waals surface area contributed by atoms with Gasteiger partial charge in [0.05, 0.1) is 12.8 Å². The van der Waals surface area contributed by atoms with Gasteiger partial charge < -0.3 is 10.1 Å². The van der Waals surface area contributed by atoms with Crippen LogP contribution < -0.4 is 10.1 Å². The lowest BCUT2D eigenvalue weighted by molar-refractivity contribution is 0.0945. The highest BCUT2D eigenvalue weighted by Crippen LogP contribution is 2.27. The number of methoxy groups -OCH3 is 1. The van der Waals surface area contributed by atoms with E-state index in [0.717, 1.165) is 5.56 Å². The molecule has 26 heavy (non-hydrogen) atoms. The Labute approximate surface area is 151 Å². The van der Waals surface area contributed by atoms with Crippen LogP contribution in [0.25, 0.3) is 11.3 Å². The van der Waals surface area contributed by atoms with E-state index in [0.29, 0.717) is 30.1 Å². The Balaban J connectivity index is 1.83. The van der Waals surface area contributed by atoms with Crippen LogP contribution in [0.15, 0.2) is 54.6 Å². The number of ether oxygens (including phenoxy) is 1. The van der Waals surface area contributed by atoms with E-state index in [9.17, 15) is 9.18 Å². The van der Waals surface area contributed by atoms with Gasteiger partial charge in [0.2, 0.25) is 0 Å². The van der Waals surface area contributed by atoms with Crippen molar-refractivity contribution in [1.82, 2.24) is 15.1 Å². The lowest BCUT2D eigenvalue weighted by Gasteiger charge is -2.07. The third-order valence-corrected chi connectivity index (χ3v) is 4.06. The molecule has 0 bridgehead atoms. The van der Waals surface area contributed by atoms with E-state index in [4.69, 9.17) is 4.74 Å². The fraction of sp³-hybridized carbons (Fsp3) is 0.200. The molecule has 0 fully saturated rings. The molecule has 0 aliphatic rings. The minimum Gasteiger partial charge on any atom is -0.497 e. The lowest BCUT2D eigenvalue weighted by atomic mass is 10.1. The van der Waals surface area contributed by atoms with E-state index in [1.807, 2.05) is 37.3 Å². The van der Waals surface area contributed by atoms with E-state index in [-0.39, 0.29) is 11.6 Å². The van der Waals surface area contributed by atoms with Gasteiger partial charge in [-0.1, -0.05) is 30.3 Å². The van der Waals surface area contributed by atoms with Crippen LogP contribution in [0.4, 0.5) is 4.39 Å². The molecule has 0 radical (unpaired) electrons. The Morgan fingerprint density at radius 2 is 1.96 bits per heavy atom. The first-order valence-corrected chi connectivity index (χ1v) is 8.36. The Morgan fingerprint density at radius 1 is 1.19 bits per heavy atom. The Kier molecular flexibility index (Phi) is 5.31. The number of halogens is 1. The quantitative estimate of drug-likeness (QED) is 0.736. The normalized spacial score (nSPS) is 10.6. The molecule has 3 rings (SSSR count). The molecule has 1 amide bonds. The standard InChI is InChI=1S/C20H20FN3O2/c1-3-24-19(16-10-9-15(26-2)11-17(16)21)12-18(23-24)20(25)22-13-14-7-5-4-6-8-14/h4-12H,3,13H2,1-2H3,(H,22,25). The van der Waals surface area contributed by atoms with Crippen molar-refractivity contribution in [3.63, 3.8) is 0 Å². The number of carbonyl (C=O) groups is 1. The van der Waals surface area contributed by atoms with Crippen molar-refractivity contribution in [2.75, 3.05) is 7.11 Å². The number of carbonyl (C=O) groups excluding carboxylic acids is 1. The summed E-state index contributed by atoms with van der Waals surface area (Å²) in [5.74, 6) is -0.277. The molecule has 0 saturated heterocycles. The zero-order valence-corrected chi connectivity index (χ0v) is 14.7. The van der Waals surface area contributed by atoms with Crippen LogP contribution in [0.2, 0.25) is 0 Å². The van der Waals surface area contributed by atoms with Crippen LogP contribution >= 0.6 is 0 Å². The monoisotopic (exact) mass is 353 g/mol. The van der Waals surface area contributed by atoms with Crippen molar-refractivity contribution >= 4 is 5.91 Å². The molecule has 3 aromatic rings. The average molecular weight is 353 g/mol. The van der Waals surface area contributed by atoms with Crippen LogP contribution in [0.3, 0.4) is 0 Å². The van der Waals surface area contributed by atoms with Crippen molar-refractivity contribution in [3.8, 4) is 17.0 Å². The van der Waals surface area contributed by atoms with E-state index in [1.54, 1.807) is 22.9 Å². The number of nitrogens with zero attached hydrogens (tertiary/aromatic N) is 2. The number of aromatic nitrogens is 2. The van der Waals surface area contributed by atoms with Gasteiger partial charge in [-0.3, -0.25) is 9.48 Å². The zero-order valence-electron chi connectivity index (χ0n) is 14.7. The van der Waals surface area contributed by atoms with Crippen LogP contribution in [-0.2, 0) is 13.1 Å². The van der Waals surface area contributed by atoms with Gasteiger partial charge in [-0.15, -0.1) is 0 Å². The van der Waals surface area contributed by atoms with E-state index in [2.05, 4.69) is 10.4 Å². The molecule has 0 saturated carbocycles. The summed E-state index contributed by atoms with van der Waals surface area (Å²) in [7, 11) is 1.49. The van der Waals surface area contributed by atoms with Gasteiger partial charge in [-0.25, -0.2) is 4.39 Å². The molecule has 5 nitrogen and oxygen atoms in total. The van der Waals surface area contributed by atoms with Crippen molar-refractivity contribution in [1.29, 1.82) is 0 Å². The summed E-state index contributed by atoms with van der Waals surface area (Å²) in [4.78, 5) is 12.4. The summed E-state index contributed by atoms with van der Waals surface area (Å²) in [5.41, 5.74) is 2.19. The first-order chi connectivity index (χ1) is 12.6. The first-order valence-electron chi connectivity index (χ1n) is 8.36. The molecule has 0 aliphatic heterocycles. The molecule has 0 atom stereocenters. The summed E-state index contributed by atoms with van der Waals surface area (Å²) in [6.07, 6.45) is 0. The molecule has 1 aromatic heterocycles. The fourth-order valence-corrected chi connectivity index (χ4v) is 2.68. The van der Waals surface area contributed by atoms with Crippen molar-refractivity contribution < 1.29 is 13.9 Å². The number of aryl methyl sites for hydroxylation is 1. The summed E-state index contributed by atoms with van der Waals surface area (Å²) >= 11 is 0. The number of benzene rings is 2. The largest absolute Gasteiger partial charge is 0.497 e. The average Bonchev–Trinajstić information content (AvgIpc) is 3.11. The van der Waals surface area contributed by atoms with Gasteiger partial charge in [0.25, 0.3) is 5.91 Å². The zero-order chi connectivity index (χ0) is 18.5. The van der Waals surface area contributed by atoms with E-state index >= 15 is 0 Å². The second kappa shape index (κ2) is 7.82. The predicted molar refractivity (Wildman–Crippen MR) is 97.5 cm³/mol. The molecule has 0 unspecified atom stereocenters. The van der Waals surface area contributed by atoms with Crippen LogP contribution in [0.1, 0.15) is 23.0 Å². The third kappa shape index (κ3) is 3.74. The molecule has 6 heteroatoms. The number of hydrogen-bond donors (Lipinski definition) is 1. The first kappa shape index (κ1) is 17.7. The maximum atomic E-state index is 14.4. The van der Waals surface area contributed by atoms with Crippen LogP contribution in [0.5, 0.6) is 5.75 Å². The SMILES string of the molecule is CCn1nc(C(=O)NCc2ccccc2)cc1-c1ccc(OC)cc1F. The molecule has 0 aliphatic carbocycles. The fourth-order valence-electron chi connectivity index (χ4n) is 2.68. The summed E-state index contributed by atoms with van der Waals surface area (Å²) in [6, 6.07) is 15.8. The van der Waals surface area contributed by atoms with Crippen LogP contribution in [-0.4, -0.2) is 22.8 Å². The molecular weight excluding hydrogens is 333 g/mol. The minimum absolute atomic E-state index is 0.257. The van der Waals surface area contributed by atoms with Gasteiger partial charge in [0.15, 0.2) is 5.69 Å². The third-order valence-electron chi connectivity index (χ3n) is 4.06. The van der Waals surface area contributed by atoms with Gasteiger partial charge in [-0.2, -0.15) is 5.10 Å². The molecule has 1 N–H and O–H groups in total. The molecule has 2 aromatic carbocycles. The second-order valence-electron chi connectivity index (χ2n) is 5.74. The molecule has 0 spiro atoms. The highest BCUT2D eigenvalue weighted by atomic mass is 19.1. The topological polar surface area (TPSA) is 56.2 Å². The predicted octanol–water partition coefficient (Wildman–Crippen LogP) is 3.65. The highest BCUT2D eigenvalue weighted by molar-refractivity contribution is 5.93. The van der Waals surface area contributed by atoms with Crippen molar-refractivity contribution in [2.45, 2.75) is 20.0 Å². The van der Waals surface area contributed by atoms with Crippen LogP contribution in [0, 0.1) is 5.82 Å². The lowest BCUT2D eigenvalue weighted by Crippen LogP contribution is -2.23. The van der Waals surface area contributed by atoms with Gasteiger partial charge in [0.1, 0.15) is 11.6 Å². The Bertz CT molecular complexity index is 907. The second-order valence-corrected chi connectivity index (χ2v) is 5.74. The van der Waals surface area contributed by atoms with Crippen molar-refractivity contribution in [3.05, 3.63) is 71.7 Å². The molecular formula is C20H20FN3O2. The number of amides is 1. The van der Waals surface area contributed by atoms with Gasteiger partial charge in [0, 0.05) is 24.7 Å². The summed E-state index contributed by atoms with van der Waals surface area (Å²) in [6.45, 7) is 2.82. The van der Waals surface area contributed by atoms with Gasteiger partial charge in [-0.05, 0) is 30.7 Å². The maximum Gasteiger partial charge on any atom is 0.272 e. The Hall–Kier alpha value is -3.15.